The predicted molar refractivity (Wildman–Crippen MR) is 109 cm³/mol. The normalized spacial score (nSPS) is 16.3. The Hall–Kier alpha value is -3.66. The molecule has 1 aliphatic rings. The number of carbonyl (C=O) groups excluding carboxylic acids is 3. The minimum absolute atomic E-state index is 0.0352. The highest BCUT2D eigenvalue weighted by Crippen LogP contribution is 2.44. The van der Waals surface area contributed by atoms with Gasteiger partial charge in [-0.3, -0.25) is 14.5 Å². The summed E-state index contributed by atoms with van der Waals surface area (Å²) in [5.74, 6) is -2.01. The number of aryl methyl sites for hydroxylation is 2. The van der Waals surface area contributed by atoms with Crippen LogP contribution in [0.1, 0.15) is 50.4 Å². The number of amides is 1. The van der Waals surface area contributed by atoms with Crippen LogP contribution >= 0.6 is 11.3 Å². The number of Topliss-reactive ketones (excluding diaryl/α,β-unsaturated/α-hetero) is 1. The summed E-state index contributed by atoms with van der Waals surface area (Å²) < 4.78 is 15.9. The first kappa shape index (κ1) is 20.6. The molecule has 1 atom stereocenters. The SMILES string of the molecule is CCOC(=O)c1sc(N2C(=O)C(O)=C(C(=O)c3ccco3)[C@H]2c2ccc(C)o2)nc1C. The van der Waals surface area contributed by atoms with Crippen LogP contribution in [0.25, 0.3) is 0 Å². The molecule has 3 aromatic heterocycles. The number of thiazole rings is 1. The van der Waals surface area contributed by atoms with Crippen molar-refractivity contribution in [1.29, 1.82) is 0 Å². The molecule has 10 heteroatoms. The molecule has 3 aromatic rings. The molecule has 0 aromatic carbocycles. The molecule has 0 spiro atoms. The van der Waals surface area contributed by atoms with Gasteiger partial charge in [-0.05, 0) is 45.0 Å². The molecule has 0 aliphatic carbocycles. The molecular weight excluding hydrogens is 424 g/mol. The number of esters is 1. The van der Waals surface area contributed by atoms with Gasteiger partial charge in [-0.15, -0.1) is 0 Å². The highest BCUT2D eigenvalue weighted by molar-refractivity contribution is 7.17. The monoisotopic (exact) mass is 442 g/mol. The number of aliphatic hydroxyl groups is 1. The number of anilines is 1. The number of carbonyl (C=O) groups is 3. The van der Waals surface area contributed by atoms with Crippen LogP contribution in [0.3, 0.4) is 0 Å². The fraction of sp³-hybridized carbons (Fsp3) is 0.238. The van der Waals surface area contributed by atoms with Gasteiger partial charge in [0.25, 0.3) is 5.91 Å². The van der Waals surface area contributed by atoms with Gasteiger partial charge in [-0.2, -0.15) is 0 Å². The lowest BCUT2D eigenvalue weighted by atomic mass is 10.00. The summed E-state index contributed by atoms with van der Waals surface area (Å²) in [4.78, 5) is 44.0. The third-order valence-corrected chi connectivity index (χ3v) is 5.82. The van der Waals surface area contributed by atoms with Crippen LogP contribution in [0.15, 0.2) is 50.7 Å². The van der Waals surface area contributed by atoms with E-state index in [1.807, 2.05) is 0 Å². The van der Waals surface area contributed by atoms with E-state index in [4.69, 9.17) is 13.6 Å². The van der Waals surface area contributed by atoms with Gasteiger partial charge in [0.1, 0.15) is 22.4 Å². The van der Waals surface area contributed by atoms with Crippen molar-refractivity contribution in [3.05, 3.63) is 69.7 Å². The Balaban J connectivity index is 1.83. The van der Waals surface area contributed by atoms with Gasteiger partial charge in [0.15, 0.2) is 16.7 Å². The van der Waals surface area contributed by atoms with Gasteiger partial charge in [0.05, 0.1) is 24.1 Å². The molecule has 4 rings (SSSR count). The first-order valence-electron chi connectivity index (χ1n) is 9.39. The standard InChI is InChI=1S/C21H18N2O7S/c1-4-28-20(27)18-11(3)22-21(31-18)23-15(12-8-7-10(2)30-12)14(17(25)19(23)26)16(24)13-6-5-9-29-13/h5-9,15,25H,4H2,1-3H3/t15-/m1/s1. The first-order valence-corrected chi connectivity index (χ1v) is 10.2. The fourth-order valence-electron chi connectivity index (χ4n) is 3.32. The number of nitrogens with zero attached hydrogens (tertiary/aromatic N) is 2. The minimum atomic E-state index is -1.08. The molecule has 160 valence electrons. The number of hydrogen-bond donors (Lipinski definition) is 1. The van der Waals surface area contributed by atoms with E-state index >= 15 is 0 Å². The van der Waals surface area contributed by atoms with Crippen molar-refractivity contribution in [2.45, 2.75) is 26.8 Å². The number of aliphatic hydroxyl groups excluding tert-OH is 1. The van der Waals surface area contributed by atoms with E-state index in [2.05, 4.69) is 4.98 Å². The zero-order valence-corrected chi connectivity index (χ0v) is 17.7. The summed E-state index contributed by atoms with van der Waals surface area (Å²) >= 11 is 0.932. The molecule has 0 radical (unpaired) electrons. The van der Waals surface area contributed by atoms with Gasteiger partial charge in [-0.1, -0.05) is 11.3 Å². The quantitative estimate of drug-likeness (QED) is 0.450. The zero-order valence-electron chi connectivity index (χ0n) is 16.9. The van der Waals surface area contributed by atoms with Crippen molar-refractivity contribution in [1.82, 2.24) is 4.98 Å². The van der Waals surface area contributed by atoms with Crippen LogP contribution in [0.5, 0.6) is 0 Å². The molecule has 0 bridgehead atoms. The molecule has 0 saturated carbocycles. The lowest BCUT2D eigenvalue weighted by Crippen LogP contribution is -2.30. The van der Waals surface area contributed by atoms with Gasteiger partial charge < -0.3 is 18.7 Å². The maximum Gasteiger partial charge on any atom is 0.350 e. The van der Waals surface area contributed by atoms with E-state index in [1.54, 1.807) is 32.9 Å². The second-order valence-corrected chi connectivity index (χ2v) is 7.70. The Bertz CT molecular complexity index is 1200. The molecule has 1 N–H and O–H groups in total. The second kappa shape index (κ2) is 7.88. The van der Waals surface area contributed by atoms with Crippen molar-refractivity contribution < 1.29 is 33.1 Å². The molecule has 0 unspecified atom stereocenters. The van der Waals surface area contributed by atoms with Crippen molar-refractivity contribution in [2.24, 2.45) is 0 Å². The van der Waals surface area contributed by atoms with Crippen molar-refractivity contribution in [2.75, 3.05) is 11.5 Å². The summed E-state index contributed by atoms with van der Waals surface area (Å²) in [6.45, 7) is 5.20. The smallest absolute Gasteiger partial charge is 0.350 e. The van der Waals surface area contributed by atoms with E-state index in [0.717, 1.165) is 16.2 Å². The van der Waals surface area contributed by atoms with Crippen LogP contribution in [-0.2, 0) is 9.53 Å². The molecular formula is C21H18N2O7S. The van der Waals surface area contributed by atoms with Crippen molar-refractivity contribution in [3.63, 3.8) is 0 Å². The zero-order chi connectivity index (χ0) is 22.3. The van der Waals surface area contributed by atoms with Gasteiger partial charge >= 0.3 is 5.97 Å². The fourth-order valence-corrected chi connectivity index (χ4v) is 4.30. The third-order valence-electron chi connectivity index (χ3n) is 4.68. The predicted octanol–water partition coefficient (Wildman–Crippen LogP) is 3.91. The molecule has 0 saturated heterocycles. The molecule has 0 fully saturated rings. The van der Waals surface area contributed by atoms with Gasteiger partial charge in [0, 0.05) is 0 Å². The van der Waals surface area contributed by atoms with E-state index in [1.165, 1.54) is 18.4 Å². The third kappa shape index (κ3) is 3.44. The van der Waals surface area contributed by atoms with Crippen LogP contribution in [0.2, 0.25) is 0 Å². The number of rotatable bonds is 6. The Morgan fingerprint density at radius 3 is 2.68 bits per heavy atom. The van der Waals surface area contributed by atoms with E-state index in [-0.39, 0.29) is 33.7 Å². The van der Waals surface area contributed by atoms with Crippen molar-refractivity contribution in [3.8, 4) is 0 Å². The maximum absolute atomic E-state index is 13.1. The number of furan rings is 2. The highest BCUT2D eigenvalue weighted by Gasteiger charge is 2.48. The largest absolute Gasteiger partial charge is 0.503 e. The van der Waals surface area contributed by atoms with Crippen LogP contribution in [-0.4, -0.2) is 34.4 Å². The van der Waals surface area contributed by atoms with Gasteiger partial charge in [0.2, 0.25) is 5.78 Å². The summed E-state index contributed by atoms with van der Waals surface area (Å²) in [5, 5.41) is 10.8. The van der Waals surface area contributed by atoms with Crippen LogP contribution in [0, 0.1) is 13.8 Å². The van der Waals surface area contributed by atoms with E-state index in [9.17, 15) is 19.5 Å². The Morgan fingerprint density at radius 1 is 1.29 bits per heavy atom. The van der Waals surface area contributed by atoms with Gasteiger partial charge in [-0.25, -0.2) is 9.78 Å². The molecule has 1 aliphatic heterocycles. The first-order chi connectivity index (χ1) is 14.8. The van der Waals surface area contributed by atoms with Crippen molar-refractivity contribution >= 4 is 34.1 Å². The van der Waals surface area contributed by atoms with Crippen LogP contribution in [0.4, 0.5) is 5.13 Å². The minimum Gasteiger partial charge on any atom is -0.503 e. The van der Waals surface area contributed by atoms with E-state index < -0.39 is 29.5 Å². The Labute approximate surface area is 180 Å². The highest BCUT2D eigenvalue weighted by atomic mass is 32.1. The average Bonchev–Trinajstić information content (AvgIpc) is 3.50. The topological polar surface area (TPSA) is 123 Å². The number of hydrogen-bond acceptors (Lipinski definition) is 9. The number of ether oxygens (including phenoxy) is 1. The molecule has 9 nitrogen and oxygen atoms in total. The molecule has 31 heavy (non-hydrogen) atoms. The van der Waals surface area contributed by atoms with Crippen LogP contribution < -0.4 is 4.90 Å². The number of aromatic nitrogens is 1. The lowest BCUT2D eigenvalue weighted by molar-refractivity contribution is -0.117. The summed E-state index contributed by atoms with van der Waals surface area (Å²) in [6, 6.07) is 5.17. The maximum atomic E-state index is 13.1. The Morgan fingerprint density at radius 2 is 2.06 bits per heavy atom. The second-order valence-electron chi connectivity index (χ2n) is 6.73. The summed E-state index contributed by atoms with van der Waals surface area (Å²) in [7, 11) is 0. The Kier molecular flexibility index (Phi) is 5.24. The average molecular weight is 442 g/mol. The number of ketones is 1. The lowest BCUT2D eigenvalue weighted by Gasteiger charge is -2.22. The summed E-state index contributed by atoms with van der Waals surface area (Å²) in [5.41, 5.74) is 0.172. The summed E-state index contributed by atoms with van der Waals surface area (Å²) in [6.07, 6.45) is 1.32. The molecule has 4 heterocycles. The van der Waals surface area contributed by atoms with E-state index in [0.29, 0.717) is 11.5 Å². The molecule has 1 amide bonds.